The average molecular weight is 438 g/mol. The van der Waals surface area contributed by atoms with E-state index in [1.54, 1.807) is 22.5 Å². The maximum atomic E-state index is 13.1. The van der Waals surface area contributed by atoms with Crippen molar-refractivity contribution in [2.45, 2.75) is 43.4 Å². The van der Waals surface area contributed by atoms with E-state index >= 15 is 0 Å². The van der Waals surface area contributed by atoms with Gasteiger partial charge in [-0.2, -0.15) is 18.3 Å². The lowest BCUT2D eigenvalue weighted by atomic mass is 9.82. The molecule has 2 aliphatic carbocycles. The molecule has 30 heavy (non-hydrogen) atoms. The maximum Gasteiger partial charge on any atom is 0.434 e. The van der Waals surface area contributed by atoms with Crippen LogP contribution in [0.15, 0.2) is 29.3 Å². The molecule has 2 saturated carbocycles. The number of aromatic nitrogens is 4. The van der Waals surface area contributed by atoms with Crippen LogP contribution in [-0.2, 0) is 18.8 Å². The number of hydrogen-bond acceptors (Lipinski definition) is 4. The van der Waals surface area contributed by atoms with Gasteiger partial charge in [-0.25, -0.2) is 4.98 Å². The summed E-state index contributed by atoms with van der Waals surface area (Å²) in [7, 11) is 1.69. The van der Waals surface area contributed by atoms with Crippen molar-refractivity contribution < 1.29 is 13.2 Å². The van der Waals surface area contributed by atoms with E-state index in [0.29, 0.717) is 22.2 Å². The number of alkyl halides is 3. The minimum absolute atomic E-state index is 0.0171. The number of fused-ring (bicyclic) bond motifs is 1. The highest BCUT2D eigenvalue weighted by atomic mass is 35.5. The van der Waals surface area contributed by atoms with Crippen LogP contribution in [0.2, 0.25) is 5.02 Å². The van der Waals surface area contributed by atoms with E-state index in [4.69, 9.17) is 17.3 Å². The van der Waals surface area contributed by atoms with Gasteiger partial charge >= 0.3 is 6.18 Å². The fourth-order valence-corrected chi connectivity index (χ4v) is 4.58. The molecule has 0 saturated heterocycles. The molecule has 3 aromatic rings. The van der Waals surface area contributed by atoms with Gasteiger partial charge in [0.05, 0.1) is 16.3 Å². The Morgan fingerprint density at radius 1 is 1.23 bits per heavy atom. The van der Waals surface area contributed by atoms with Crippen molar-refractivity contribution in [2.24, 2.45) is 18.7 Å². The molecule has 0 amide bonds. The zero-order chi connectivity index (χ0) is 21.4. The normalized spacial score (nSPS) is 19.3. The number of nitrogens with two attached hydrogens (primary N) is 1. The fraction of sp³-hybridized carbons (Fsp3) is 0.450. The number of pyridine rings is 2. The third-order valence-corrected chi connectivity index (χ3v) is 6.35. The SMILES string of the molecule is Cn1nc2c(=O)n(C3CC3)ccc2c1C(N)(c1cnc(C(F)(F)F)c(Cl)c1)C1CC1. The summed E-state index contributed by atoms with van der Waals surface area (Å²) in [6.45, 7) is 0. The average Bonchev–Trinajstić information content (AvgIpc) is 3.57. The van der Waals surface area contributed by atoms with Crippen molar-refractivity contribution in [1.82, 2.24) is 19.3 Å². The molecule has 6 nitrogen and oxygen atoms in total. The smallest absolute Gasteiger partial charge is 0.316 e. The maximum absolute atomic E-state index is 13.1. The largest absolute Gasteiger partial charge is 0.434 e. The summed E-state index contributed by atoms with van der Waals surface area (Å²) in [6.07, 6.45) is 1.77. The second-order valence-corrected chi connectivity index (χ2v) is 8.60. The topological polar surface area (TPSA) is 78.7 Å². The van der Waals surface area contributed by atoms with Crippen LogP contribution in [0.5, 0.6) is 0 Å². The standard InChI is InChI=1S/C20H19ClF3N5O/c1-28-17(13-6-7-29(12-4-5-12)18(30)15(13)27-28)19(25,10-2-3-10)11-8-14(21)16(26-9-11)20(22,23)24/h6-10,12H,2-5,25H2,1H3. The minimum Gasteiger partial charge on any atom is -0.316 e. The summed E-state index contributed by atoms with van der Waals surface area (Å²) >= 11 is 5.94. The van der Waals surface area contributed by atoms with Crippen molar-refractivity contribution in [3.05, 3.63) is 56.9 Å². The van der Waals surface area contributed by atoms with Crippen LogP contribution in [0.3, 0.4) is 0 Å². The lowest BCUT2D eigenvalue weighted by Crippen LogP contribution is -2.42. The Morgan fingerprint density at radius 3 is 2.50 bits per heavy atom. The molecule has 0 spiro atoms. The Hall–Kier alpha value is -2.39. The first-order valence-corrected chi connectivity index (χ1v) is 10.1. The van der Waals surface area contributed by atoms with E-state index in [0.717, 1.165) is 31.9 Å². The minimum atomic E-state index is -4.65. The molecule has 0 aliphatic heterocycles. The van der Waals surface area contributed by atoms with Crippen LogP contribution in [0.4, 0.5) is 13.2 Å². The summed E-state index contributed by atoms with van der Waals surface area (Å²) in [5.41, 5.74) is 5.67. The second-order valence-electron chi connectivity index (χ2n) is 8.19. The number of hydrogen-bond donors (Lipinski definition) is 1. The van der Waals surface area contributed by atoms with E-state index < -0.39 is 22.4 Å². The van der Waals surface area contributed by atoms with Gasteiger partial charge in [0.1, 0.15) is 0 Å². The number of nitrogens with zero attached hydrogens (tertiary/aromatic N) is 4. The van der Waals surface area contributed by atoms with E-state index in [1.807, 2.05) is 6.07 Å². The van der Waals surface area contributed by atoms with Crippen LogP contribution >= 0.6 is 11.6 Å². The van der Waals surface area contributed by atoms with Crippen molar-refractivity contribution in [3.8, 4) is 0 Å². The van der Waals surface area contributed by atoms with Gasteiger partial charge in [-0.1, -0.05) is 11.6 Å². The Balaban J connectivity index is 1.71. The predicted octanol–water partition coefficient (Wildman–Crippen LogP) is 3.75. The van der Waals surface area contributed by atoms with Crippen LogP contribution in [0.1, 0.15) is 48.7 Å². The molecule has 2 aliphatic rings. The third-order valence-electron chi connectivity index (χ3n) is 6.06. The number of aryl methyl sites for hydroxylation is 1. The Kier molecular flexibility index (Phi) is 4.11. The first-order chi connectivity index (χ1) is 14.1. The molecule has 2 fully saturated rings. The van der Waals surface area contributed by atoms with E-state index in [1.165, 1.54) is 6.07 Å². The summed E-state index contributed by atoms with van der Waals surface area (Å²) < 4.78 is 42.6. The summed E-state index contributed by atoms with van der Waals surface area (Å²) in [4.78, 5) is 16.5. The van der Waals surface area contributed by atoms with Crippen LogP contribution in [-0.4, -0.2) is 19.3 Å². The molecule has 1 atom stereocenters. The lowest BCUT2D eigenvalue weighted by Gasteiger charge is -2.31. The molecular weight excluding hydrogens is 419 g/mol. The summed E-state index contributed by atoms with van der Waals surface area (Å²) in [5.74, 6) is -0.0171. The van der Waals surface area contributed by atoms with Crippen LogP contribution < -0.4 is 11.3 Å². The van der Waals surface area contributed by atoms with Crippen molar-refractivity contribution in [2.75, 3.05) is 0 Å². The quantitative estimate of drug-likeness (QED) is 0.674. The van der Waals surface area contributed by atoms with Gasteiger partial charge in [0.2, 0.25) is 0 Å². The monoisotopic (exact) mass is 437 g/mol. The second kappa shape index (κ2) is 6.31. The molecule has 0 radical (unpaired) electrons. The highest BCUT2D eigenvalue weighted by Crippen LogP contribution is 2.50. The molecular formula is C20H19ClF3N5O. The van der Waals surface area contributed by atoms with Crippen molar-refractivity contribution in [1.29, 1.82) is 0 Å². The first kappa shape index (κ1) is 19.6. The summed E-state index contributed by atoms with van der Waals surface area (Å²) in [5, 5.41) is 4.53. The summed E-state index contributed by atoms with van der Waals surface area (Å²) in [6, 6.07) is 3.26. The molecule has 10 heteroatoms. The predicted molar refractivity (Wildman–Crippen MR) is 105 cm³/mol. The van der Waals surface area contributed by atoms with Gasteiger partial charge in [-0.15, -0.1) is 0 Å². The molecule has 158 valence electrons. The van der Waals surface area contributed by atoms with E-state index in [9.17, 15) is 18.0 Å². The molecule has 0 bridgehead atoms. The van der Waals surface area contributed by atoms with Gasteiger partial charge in [0, 0.05) is 30.9 Å². The van der Waals surface area contributed by atoms with Crippen LogP contribution in [0, 0.1) is 5.92 Å². The van der Waals surface area contributed by atoms with Crippen LogP contribution in [0.25, 0.3) is 10.9 Å². The lowest BCUT2D eigenvalue weighted by molar-refractivity contribution is -0.141. The van der Waals surface area contributed by atoms with Gasteiger partial charge in [-0.3, -0.25) is 9.48 Å². The zero-order valence-corrected chi connectivity index (χ0v) is 16.8. The Bertz CT molecular complexity index is 1230. The molecule has 2 N–H and O–H groups in total. The Labute approximate surface area is 174 Å². The number of halogens is 4. The molecule has 0 aromatic carbocycles. The highest BCUT2D eigenvalue weighted by Gasteiger charge is 2.49. The molecule has 3 heterocycles. The molecule has 5 rings (SSSR count). The van der Waals surface area contributed by atoms with E-state index in [-0.39, 0.29) is 17.5 Å². The van der Waals surface area contributed by atoms with Crippen molar-refractivity contribution in [3.63, 3.8) is 0 Å². The molecule has 1 unspecified atom stereocenters. The van der Waals surface area contributed by atoms with Gasteiger partial charge in [0.15, 0.2) is 11.2 Å². The third kappa shape index (κ3) is 2.86. The molecule has 3 aromatic heterocycles. The Morgan fingerprint density at radius 2 is 1.93 bits per heavy atom. The number of rotatable bonds is 4. The van der Waals surface area contributed by atoms with E-state index in [2.05, 4.69) is 10.1 Å². The first-order valence-electron chi connectivity index (χ1n) is 9.72. The van der Waals surface area contributed by atoms with Gasteiger partial charge in [0.25, 0.3) is 5.56 Å². The fourth-order valence-electron chi connectivity index (χ4n) is 4.31. The zero-order valence-electron chi connectivity index (χ0n) is 16.1. The van der Waals surface area contributed by atoms with Gasteiger partial charge < -0.3 is 10.3 Å². The van der Waals surface area contributed by atoms with Gasteiger partial charge in [-0.05, 0) is 49.3 Å². The highest BCUT2D eigenvalue weighted by molar-refractivity contribution is 6.31. The van der Waals surface area contributed by atoms with Crippen molar-refractivity contribution >= 4 is 22.5 Å².